The molecule has 0 atom stereocenters. The lowest BCUT2D eigenvalue weighted by Gasteiger charge is -2.08. The minimum absolute atomic E-state index is 0.131. The van der Waals surface area contributed by atoms with Gasteiger partial charge in [0.1, 0.15) is 5.75 Å². The van der Waals surface area contributed by atoms with Crippen LogP contribution in [0.5, 0.6) is 5.75 Å². The zero-order valence-electron chi connectivity index (χ0n) is 11.1. The number of amidine groups is 1. The molecule has 2 aliphatic rings. The third-order valence-corrected chi connectivity index (χ3v) is 3.84. The minimum Gasteiger partial charge on any atom is -0.496 e. The van der Waals surface area contributed by atoms with Gasteiger partial charge < -0.3 is 10.1 Å². The number of benzene rings is 1. The van der Waals surface area contributed by atoms with Crippen LogP contribution in [0.3, 0.4) is 0 Å². The van der Waals surface area contributed by atoms with Crippen LogP contribution >= 0.6 is 11.8 Å². The fraction of sp³-hybridized carbons (Fsp3) is 0.214. The van der Waals surface area contributed by atoms with Crippen molar-refractivity contribution in [3.05, 3.63) is 35.5 Å². The summed E-state index contributed by atoms with van der Waals surface area (Å²) in [4.78, 5) is 21.3. The number of hydrogen-bond acceptors (Lipinski definition) is 5. The average molecular weight is 287 g/mol. The molecule has 0 saturated heterocycles. The molecule has 0 aliphatic carbocycles. The molecule has 3 rings (SSSR count). The molecule has 0 fully saturated rings. The molecule has 2 aliphatic heterocycles. The summed E-state index contributed by atoms with van der Waals surface area (Å²) in [5.74, 6) is 1.19. The van der Waals surface area contributed by atoms with Gasteiger partial charge in [-0.15, -0.1) is 11.8 Å². The lowest BCUT2D eigenvalue weighted by molar-refractivity contribution is -0.116. The van der Waals surface area contributed by atoms with Gasteiger partial charge in [0, 0.05) is 11.0 Å². The molecule has 0 saturated carbocycles. The van der Waals surface area contributed by atoms with Crippen molar-refractivity contribution in [2.45, 2.75) is 4.90 Å². The van der Waals surface area contributed by atoms with Gasteiger partial charge in [-0.05, 0) is 24.5 Å². The van der Waals surface area contributed by atoms with E-state index in [1.54, 1.807) is 18.9 Å². The summed E-state index contributed by atoms with van der Waals surface area (Å²) in [6.45, 7) is 0.420. The molecular formula is C14H13N3O2S. The Bertz CT molecular complexity index is 677. The summed E-state index contributed by atoms with van der Waals surface area (Å²) in [6.07, 6.45) is 3.48. The summed E-state index contributed by atoms with van der Waals surface area (Å²) in [6, 6.07) is 5.91. The number of aliphatic imine (C=N–C) groups is 2. The Hall–Kier alpha value is -2.08. The number of carbonyl (C=O) groups is 1. The summed E-state index contributed by atoms with van der Waals surface area (Å²) in [7, 11) is 1.63. The van der Waals surface area contributed by atoms with Gasteiger partial charge in [-0.3, -0.25) is 4.79 Å². The Morgan fingerprint density at radius 2 is 2.20 bits per heavy atom. The first-order valence-electron chi connectivity index (χ1n) is 6.10. The van der Waals surface area contributed by atoms with Crippen LogP contribution < -0.4 is 10.1 Å². The van der Waals surface area contributed by atoms with E-state index in [0.29, 0.717) is 18.1 Å². The number of amides is 1. The molecule has 0 aromatic heterocycles. The minimum atomic E-state index is -0.131. The normalized spacial score (nSPS) is 16.9. The van der Waals surface area contributed by atoms with E-state index in [2.05, 4.69) is 15.3 Å². The van der Waals surface area contributed by atoms with Crippen molar-refractivity contribution >= 4 is 29.2 Å². The number of methoxy groups -OCH3 is 1. The van der Waals surface area contributed by atoms with Crippen molar-refractivity contribution < 1.29 is 9.53 Å². The molecule has 6 heteroatoms. The maximum Gasteiger partial charge on any atom is 0.246 e. The summed E-state index contributed by atoms with van der Waals surface area (Å²) >= 11 is 1.65. The van der Waals surface area contributed by atoms with E-state index in [1.165, 1.54) is 6.08 Å². The molecule has 0 bridgehead atoms. The smallest absolute Gasteiger partial charge is 0.246 e. The van der Waals surface area contributed by atoms with Gasteiger partial charge in [0.05, 0.1) is 30.6 Å². The molecule has 1 aromatic carbocycles. The highest BCUT2D eigenvalue weighted by atomic mass is 32.2. The number of carbonyl (C=O) groups excluding carboxylic acids is 1. The molecule has 20 heavy (non-hydrogen) atoms. The van der Waals surface area contributed by atoms with Gasteiger partial charge >= 0.3 is 0 Å². The van der Waals surface area contributed by atoms with Crippen LogP contribution in [0, 0.1) is 0 Å². The van der Waals surface area contributed by atoms with E-state index in [9.17, 15) is 4.79 Å². The number of thioether (sulfide) groups is 1. The van der Waals surface area contributed by atoms with Crippen molar-refractivity contribution in [3.8, 4) is 5.75 Å². The molecule has 1 aromatic rings. The van der Waals surface area contributed by atoms with Crippen LogP contribution in [-0.4, -0.2) is 37.4 Å². The Morgan fingerprint density at radius 3 is 2.95 bits per heavy atom. The number of nitrogens with one attached hydrogen (secondary N) is 1. The third-order valence-electron chi connectivity index (χ3n) is 3.11. The van der Waals surface area contributed by atoms with Gasteiger partial charge in [-0.25, -0.2) is 9.98 Å². The van der Waals surface area contributed by atoms with Gasteiger partial charge in [-0.2, -0.15) is 0 Å². The van der Waals surface area contributed by atoms with Crippen LogP contribution in [0.2, 0.25) is 0 Å². The Morgan fingerprint density at radius 1 is 1.35 bits per heavy atom. The monoisotopic (exact) mass is 287 g/mol. The standard InChI is InChI=1S/C14H13N3O2S/c1-19-12-5-8(20-2)3-4-9(12)14-16-10-6-13(18)15-7-11(10)17-14/h3-6H,7H2,1-2H3,(H,15,18). The highest BCUT2D eigenvalue weighted by Crippen LogP contribution is 2.28. The van der Waals surface area contributed by atoms with Crippen molar-refractivity contribution in [2.75, 3.05) is 19.9 Å². The quantitative estimate of drug-likeness (QED) is 0.859. The van der Waals surface area contributed by atoms with E-state index in [0.717, 1.165) is 21.9 Å². The maximum atomic E-state index is 11.3. The van der Waals surface area contributed by atoms with Crippen LogP contribution in [0.15, 0.2) is 44.9 Å². The molecule has 2 heterocycles. The number of fused-ring (bicyclic) bond motifs is 1. The zero-order valence-corrected chi connectivity index (χ0v) is 12.0. The number of nitrogens with zero attached hydrogens (tertiary/aromatic N) is 2. The predicted molar refractivity (Wildman–Crippen MR) is 79.8 cm³/mol. The molecule has 0 radical (unpaired) electrons. The highest BCUT2D eigenvalue weighted by molar-refractivity contribution is 7.98. The average Bonchev–Trinajstić information content (AvgIpc) is 2.89. The van der Waals surface area contributed by atoms with E-state index in [1.807, 2.05) is 24.5 Å². The highest BCUT2D eigenvalue weighted by Gasteiger charge is 2.24. The zero-order chi connectivity index (χ0) is 14.1. The molecule has 0 unspecified atom stereocenters. The van der Waals surface area contributed by atoms with Crippen LogP contribution in [-0.2, 0) is 4.79 Å². The van der Waals surface area contributed by atoms with Crippen molar-refractivity contribution in [2.24, 2.45) is 9.98 Å². The predicted octanol–water partition coefficient (Wildman–Crippen LogP) is 1.63. The largest absolute Gasteiger partial charge is 0.496 e. The summed E-state index contributed by atoms with van der Waals surface area (Å²) in [5, 5.41) is 2.72. The van der Waals surface area contributed by atoms with Crippen LogP contribution in [0.25, 0.3) is 0 Å². The van der Waals surface area contributed by atoms with Crippen LogP contribution in [0.1, 0.15) is 5.56 Å². The van der Waals surface area contributed by atoms with Gasteiger partial charge in [0.25, 0.3) is 0 Å². The molecule has 1 N–H and O–H groups in total. The molecule has 5 nitrogen and oxygen atoms in total. The number of rotatable bonds is 3. The van der Waals surface area contributed by atoms with E-state index < -0.39 is 0 Å². The topological polar surface area (TPSA) is 63.0 Å². The van der Waals surface area contributed by atoms with E-state index in [4.69, 9.17) is 4.74 Å². The lowest BCUT2D eigenvalue weighted by Crippen LogP contribution is -2.32. The lowest BCUT2D eigenvalue weighted by atomic mass is 10.2. The Labute approximate surface area is 120 Å². The SMILES string of the molecule is COc1cc(SC)ccc1C1=NC2=CC(=O)NCC2=N1. The number of hydrogen-bond donors (Lipinski definition) is 1. The third kappa shape index (κ3) is 2.22. The second kappa shape index (κ2) is 5.13. The maximum absolute atomic E-state index is 11.3. The second-order valence-corrected chi connectivity index (χ2v) is 5.19. The Balaban J connectivity index is 2.03. The first-order chi connectivity index (χ1) is 9.71. The van der Waals surface area contributed by atoms with E-state index in [-0.39, 0.29) is 5.91 Å². The van der Waals surface area contributed by atoms with Gasteiger partial charge in [-0.1, -0.05) is 0 Å². The number of ether oxygens (including phenoxy) is 1. The van der Waals surface area contributed by atoms with Gasteiger partial charge in [0.15, 0.2) is 5.84 Å². The fourth-order valence-electron chi connectivity index (χ4n) is 2.08. The van der Waals surface area contributed by atoms with Crippen LogP contribution in [0.4, 0.5) is 0 Å². The molecule has 102 valence electrons. The molecule has 0 spiro atoms. The first-order valence-corrected chi connectivity index (χ1v) is 7.32. The summed E-state index contributed by atoms with van der Waals surface area (Å²) < 4.78 is 5.41. The molecular weight excluding hydrogens is 274 g/mol. The van der Waals surface area contributed by atoms with Crippen molar-refractivity contribution in [3.63, 3.8) is 0 Å². The molecule has 1 amide bonds. The fourth-order valence-corrected chi connectivity index (χ4v) is 2.51. The second-order valence-electron chi connectivity index (χ2n) is 4.31. The van der Waals surface area contributed by atoms with Crippen molar-refractivity contribution in [1.29, 1.82) is 0 Å². The van der Waals surface area contributed by atoms with Crippen molar-refractivity contribution in [1.82, 2.24) is 5.32 Å². The first kappa shape index (κ1) is 12.9. The van der Waals surface area contributed by atoms with Gasteiger partial charge in [0.2, 0.25) is 5.91 Å². The van der Waals surface area contributed by atoms with E-state index >= 15 is 0 Å². The summed E-state index contributed by atoms with van der Waals surface area (Å²) in [5.41, 5.74) is 2.26. The Kier molecular flexibility index (Phi) is 3.31.